The summed E-state index contributed by atoms with van der Waals surface area (Å²) >= 11 is 0. The highest BCUT2D eigenvalue weighted by molar-refractivity contribution is 5.90. The Hall–Kier alpha value is -3.65. The summed E-state index contributed by atoms with van der Waals surface area (Å²) in [6.45, 7) is 0.825. The van der Waals surface area contributed by atoms with Crippen molar-refractivity contribution in [1.82, 2.24) is 40.0 Å². The predicted octanol–water partition coefficient (Wildman–Crippen LogP) is 3.02. The second kappa shape index (κ2) is 6.50. The summed E-state index contributed by atoms with van der Waals surface area (Å²) < 4.78 is 0. The Morgan fingerprint density at radius 2 is 1.96 bits per heavy atom. The second-order valence-electron chi connectivity index (χ2n) is 6.94. The van der Waals surface area contributed by atoms with Crippen molar-refractivity contribution in [1.29, 1.82) is 0 Å². The van der Waals surface area contributed by atoms with Crippen LogP contribution in [0.4, 0.5) is 0 Å². The lowest BCUT2D eigenvalue weighted by atomic mass is 10.1. The Morgan fingerprint density at radius 1 is 1.04 bits per heavy atom. The molecule has 0 saturated heterocycles. The highest BCUT2D eigenvalue weighted by Crippen LogP contribution is 2.27. The first-order valence-corrected chi connectivity index (χ1v) is 8.92. The smallest absolute Gasteiger partial charge is 0.178 e. The van der Waals surface area contributed by atoms with E-state index in [1.807, 2.05) is 50.8 Å². The van der Waals surface area contributed by atoms with Crippen molar-refractivity contribution >= 4 is 22.2 Å². The maximum absolute atomic E-state index is 4.84. The third kappa shape index (κ3) is 2.89. The molecule has 138 valence electrons. The molecule has 0 atom stereocenters. The molecule has 0 aliphatic rings. The predicted molar refractivity (Wildman–Crippen MR) is 107 cm³/mol. The van der Waals surface area contributed by atoms with E-state index in [0.717, 1.165) is 39.9 Å². The van der Waals surface area contributed by atoms with Crippen LogP contribution in [0.1, 0.15) is 5.56 Å². The minimum atomic E-state index is 0.643. The zero-order valence-electron chi connectivity index (χ0n) is 15.5. The van der Waals surface area contributed by atoms with Gasteiger partial charge in [-0.15, -0.1) is 0 Å². The van der Waals surface area contributed by atoms with E-state index < -0.39 is 0 Å². The van der Waals surface area contributed by atoms with Gasteiger partial charge < -0.3 is 9.88 Å². The first kappa shape index (κ1) is 16.5. The van der Waals surface area contributed by atoms with E-state index in [4.69, 9.17) is 4.98 Å². The van der Waals surface area contributed by atoms with Crippen LogP contribution in [0, 0.1) is 0 Å². The van der Waals surface area contributed by atoms with E-state index in [9.17, 15) is 0 Å². The molecular formula is C20H18N8. The average molecular weight is 370 g/mol. The number of nitrogens with zero attached hydrogens (tertiary/aromatic N) is 6. The van der Waals surface area contributed by atoms with Crippen LogP contribution in [-0.4, -0.2) is 54.1 Å². The quantitative estimate of drug-likeness (QED) is 0.504. The van der Waals surface area contributed by atoms with Crippen LogP contribution >= 0.6 is 0 Å². The van der Waals surface area contributed by atoms with Crippen molar-refractivity contribution in [3.8, 4) is 22.8 Å². The van der Waals surface area contributed by atoms with Gasteiger partial charge in [0.2, 0.25) is 0 Å². The number of nitrogens with one attached hydrogen (secondary N) is 2. The Bertz CT molecular complexity index is 1250. The topological polar surface area (TPSA) is 99.3 Å². The van der Waals surface area contributed by atoms with Crippen LogP contribution in [0.5, 0.6) is 0 Å². The fraction of sp³-hybridized carbons (Fsp3) is 0.150. The first-order valence-electron chi connectivity index (χ1n) is 8.92. The second-order valence-corrected chi connectivity index (χ2v) is 6.94. The SMILES string of the molecule is CN(C)Cc1cncc(-c2ccc3[nH]nc(-c4nc5ncccc5[nH]4)c3n2)c1. The van der Waals surface area contributed by atoms with E-state index in [1.54, 1.807) is 6.20 Å². The van der Waals surface area contributed by atoms with Gasteiger partial charge in [-0.3, -0.25) is 10.1 Å². The van der Waals surface area contributed by atoms with Gasteiger partial charge in [-0.25, -0.2) is 15.0 Å². The van der Waals surface area contributed by atoms with Crippen LogP contribution in [0.25, 0.3) is 45.0 Å². The van der Waals surface area contributed by atoms with Crippen LogP contribution < -0.4 is 0 Å². The highest BCUT2D eigenvalue weighted by Gasteiger charge is 2.15. The van der Waals surface area contributed by atoms with E-state index >= 15 is 0 Å². The normalized spacial score (nSPS) is 11.7. The standard InChI is InChI=1S/C20H18N8/c1-28(2)11-12-8-13(10-21-9-12)14-5-6-15-17(23-14)18(27-26-15)20-24-16-4-3-7-22-19(16)25-20/h3-10H,11H2,1-2H3,(H,26,27)(H,22,24,25). The molecule has 0 aliphatic heterocycles. The van der Waals surface area contributed by atoms with Gasteiger partial charge in [0.1, 0.15) is 5.52 Å². The summed E-state index contributed by atoms with van der Waals surface area (Å²) in [5.74, 6) is 0.643. The van der Waals surface area contributed by atoms with Crippen molar-refractivity contribution in [3.63, 3.8) is 0 Å². The molecule has 5 heterocycles. The summed E-state index contributed by atoms with van der Waals surface area (Å²) in [6.07, 6.45) is 5.44. The van der Waals surface area contributed by atoms with Crippen molar-refractivity contribution in [2.75, 3.05) is 14.1 Å². The molecule has 0 aromatic carbocycles. The molecule has 8 nitrogen and oxygen atoms in total. The van der Waals surface area contributed by atoms with Crippen LogP contribution in [0.3, 0.4) is 0 Å². The summed E-state index contributed by atoms with van der Waals surface area (Å²) in [4.78, 5) is 23.4. The third-order valence-corrected chi connectivity index (χ3v) is 4.48. The maximum atomic E-state index is 4.84. The number of hydrogen-bond donors (Lipinski definition) is 2. The molecule has 5 aromatic rings. The van der Waals surface area contributed by atoms with Crippen LogP contribution in [0.15, 0.2) is 48.9 Å². The molecule has 0 fully saturated rings. The molecular weight excluding hydrogens is 352 g/mol. The number of rotatable bonds is 4. The lowest BCUT2D eigenvalue weighted by molar-refractivity contribution is 0.402. The minimum Gasteiger partial charge on any atom is -0.335 e. The lowest BCUT2D eigenvalue weighted by Crippen LogP contribution is -2.10. The molecule has 0 radical (unpaired) electrons. The van der Waals surface area contributed by atoms with Gasteiger partial charge in [-0.2, -0.15) is 5.10 Å². The Balaban J connectivity index is 1.60. The van der Waals surface area contributed by atoms with Crippen LogP contribution in [0.2, 0.25) is 0 Å². The Kier molecular flexibility index (Phi) is 3.84. The largest absolute Gasteiger partial charge is 0.335 e. The zero-order valence-corrected chi connectivity index (χ0v) is 15.5. The average Bonchev–Trinajstić information content (AvgIpc) is 3.30. The minimum absolute atomic E-state index is 0.643. The summed E-state index contributed by atoms with van der Waals surface area (Å²) in [5.41, 5.74) is 6.76. The maximum Gasteiger partial charge on any atom is 0.178 e. The van der Waals surface area contributed by atoms with Gasteiger partial charge in [0, 0.05) is 30.7 Å². The third-order valence-electron chi connectivity index (χ3n) is 4.48. The number of H-pyrrole nitrogens is 2. The number of aromatic nitrogens is 7. The van der Waals surface area contributed by atoms with Gasteiger partial charge in [0.25, 0.3) is 0 Å². The molecule has 0 spiro atoms. The molecule has 5 aromatic heterocycles. The number of fused-ring (bicyclic) bond motifs is 2. The highest BCUT2D eigenvalue weighted by atomic mass is 15.2. The molecule has 0 amide bonds. The lowest BCUT2D eigenvalue weighted by Gasteiger charge is -2.10. The molecule has 5 rings (SSSR count). The van der Waals surface area contributed by atoms with Gasteiger partial charge in [0.05, 0.1) is 16.7 Å². The van der Waals surface area contributed by atoms with Crippen molar-refractivity contribution < 1.29 is 0 Å². The summed E-state index contributed by atoms with van der Waals surface area (Å²) in [7, 11) is 4.08. The molecule has 8 heteroatoms. The molecule has 28 heavy (non-hydrogen) atoms. The van der Waals surface area contributed by atoms with Crippen LogP contribution in [-0.2, 0) is 6.54 Å². The van der Waals surface area contributed by atoms with Crippen molar-refractivity contribution in [3.05, 3.63) is 54.5 Å². The molecule has 0 saturated carbocycles. The van der Waals surface area contributed by atoms with E-state index in [0.29, 0.717) is 17.2 Å². The summed E-state index contributed by atoms with van der Waals surface area (Å²) in [5, 5.41) is 7.45. The molecule has 2 N–H and O–H groups in total. The fourth-order valence-electron chi connectivity index (χ4n) is 3.26. The van der Waals surface area contributed by atoms with Gasteiger partial charge in [-0.1, -0.05) is 0 Å². The van der Waals surface area contributed by atoms with E-state index in [1.165, 1.54) is 0 Å². The fourth-order valence-corrected chi connectivity index (χ4v) is 3.26. The summed E-state index contributed by atoms with van der Waals surface area (Å²) in [6, 6.07) is 9.88. The molecule has 0 bridgehead atoms. The van der Waals surface area contributed by atoms with Crippen molar-refractivity contribution in [2.45, 2.75) is 6.54 Å². The number of hydrogen-bond acceptors (Lipinski definition) is 6. The van der Waals surface area contributed by atoms with Gasteiger partial charge in [0.15, 0.2) is 17.2 Å². The monoisotopic (exact) mass is 370 g/mol. The van der Waals surface area contributed by atoms with Gasteiger partial charge >= 0.3 is 0 Å². The van der Waals surface area contributed by atoms with E-state index in [2.05, 4.69) is 41.1 Å². The van der Waals surface area contributed by atoms with Gasteiger partial charge in [-0.05, 0) is 50.0 Å². The number of pyridine rings is 3. The first-order chi connectivity index (χ1) is 13.7. The van der Waals surface area contributed by atoms with E-state index in [-0.39, 0.29) is 0 Å². The Labute approximate surface area is 160 Å². The Morgan fingerprint density at radius 3 is 2.82 bits per heavy atom. The molecule has 0 unspecified atom stereocenters. The molecule has 0 aliphatic carbocycles. The zero-order chi connectivity index (χ0) is 19.1. The number of aromatic amines is 2. The number of imidazole rings is 1. The van der Waals surface area contributed by atoms with Crippen molar-refractivity contribution in [2.24, 2.45) is 0 Å².